The van der Waals surface area contributed by atoms with E-state index in [-0.39, 0.29) is 11.6 Å². The van der Waals surface area contributed by atoms with Gasteiger partial charge in [-0.15, -0.1) is 0 Å². The topological polar surface area (TPSA) is 24.5 Å². The minimum absolute atomic E-state index is 0.193. The van der Waals surface area contributed by atoms with Crippen LogP contribution in [0.3, 0.4) is 0 Å². The van der Waals surface area contributed by atoms with E-state index < -0.39 is 0 Å². The fraction of sp³-hybridized carbons (Fsp3) is 0.647. The molecule has 0 radical (unpaired) electrons. The Morgan fingerprint density at radius 1 is 1.25 bits per heavy atom. The SMILES string of the molecule is CCN(CC)CC(C)NC1c2ccccc2OC1(C)C. The van der Waals surface area contributed by atoms with E-state index in [9.17, 15) is 0 Å². The van der Waals surface area contributed by atoms with Crippen LogP contribution in [0.25, 0.3) is 0 Å². The number of fused-ring (bicyclic) bond motifs is 1. The van der Waals surface area contributed by atoms with Crippen molar-refractivity contribution in [3.05, 3.63) is 29.8 Å². The summed E-state index contributed by atoms with van der Waals surface area (Å²) < 4.78 is 6.09. The second kappa shape index (κ2) is 6.15. The highest BCUT2D eigenvalue weighted by Gasteiger charge is 2.41. The van der Waals surface area contributed by atoms with Crippen LogP contribution in [0.15, 0.2) is 24.3 Å². The molecule has 0 amide bonds. The van der Waals surface area contributed by atoms with E-state index in [1.807, 2.05) is 6.07 Å². The normalized spacial score (nSPS) is 21.6. The quantitative estimate of drug-likeness (QED) is 0.863. The molecule has 0 spiro atoms. The van der Waals surface area contributed by atoms with E-state index in [1.165, 1.54) is 5.56 Å². The number of nitrogens with one attached hydrogen (secondary N) is 1. The molecule has 0 saturated carbocycles. The predicted octanol–water partition coefficient (Wildman–Crippen LogP) is 3.22. The summed E-state index contributed by atoms with van der Waals surface area (Å²) in [5.41, 5.74) is 1.09. The Kier molecular flexibility index (Phi) is 4.71. The zero-order chi connectivity index (χ0) is 14.8. The third kappa shape index (κ3) is 3.15. The fourth-order valence-electron chi connectivity index (χ4n) is 3.03. The minimum Gasteiger partial charge on any atom is -0.486 e. The molecule has 1 aromatic carbocycles. The molecule has 0 bridgehead atoms. The first-order chi connectivity index (χ1) is 9.47. The number of hydrogen-bond acceptors (Lipinski definition) is 3. The molecule has 112 valence electrons. The van der Waals surface area contributed by atoms with Gasteiger partial charge in [0.05, 0.1) is 6.04 Å². The maximum absolute atomic E-state index is 6.09. The van der Waals surface area contributed by atoms with Gasteiger partial charge in [0.1, 0.15) is 11.4 Å². The monoisotopic (exact) mass is 276 g/mol. The summed E-state index contributed by atoms with van der Waals surface area (Å²) in [6.45, 7) is 14.3. The van der Waals surface area contributed by atoms with Gasteiger partial charge >= 0.3 is 0 Å². The van der Waals surface area contributed by atoms with Gasteiger partial charge in [0, 0.05) is 18.2 Å². The molecular formula is C17H28N2O. The van der Waals surface area contributed by atoms with Crippen LogP contribution in [0.2, 0.25) is 0 Å². The maximum Gasteiger partial charge on any atom is 0.125 e. The fourth-order valence-corrected chi connectivity index (χ4v) is 3.03. The van der Waals surface area contributed by atoms with E-state index in [0.29, 0.717) is 6.04 Å². The number of rotatable bonds is 6. The summed E-state index contributed by atoms with van der Waals surface area (Å²) >= 11 is 0. The second-order valence-electron chi connectivity index (χ2n) is 6.23. The first kappa shape index (κ1) is 15.3. The van der Waals surface area contributed by atoms with Crippen LogP contribution in [0.4, 0.5) is 0 Å². The summed E-state index contributed by atoms with van der Waals surface area (Å²) in [4.78, 5) is 2.45. The molecule has 1 aliphatic rings. The molecule has 1 aromatic rings. The summed E-state index contributed by atoms with van der Waals surface area (Å²) in [6, 6.07) is 9.06. The van der Waals surface area contributed by atoms with E-state index in [4.69, 9.17) is 4.74 Å². The van der Waals surface area contributed by atoms with Crippen LogP contribution < -0.4 is 10.1 Å². The lowest BCUT2D eigenvalue weighted by molar-refractivity contribution is 0.0887. The Hall–Kier alpha value is -1.06. The zero-order valence-corrected chi connectivity index (χ0v) is 13.4. The lowest BCUT2D eigenvalue weighted by Crippen LogP contribution is -2.46. The van der Waals surface area contributed by atoms with Crippen LogP contribution in [-0.4, -0.2) is 36.2 Å². The Balaban J connectivity index is 2.08. The van der Waals surface area contributed by atoms with Crippen LogP contribution in [0.1, 0.15) is 46.2 Å². The average Bonchev–Trinajstić information content (AvgIpc) is 2.67. The Morgan fingerprint density at radius 2 is 1.90 bits per heavy atom. The van der Waals surface area contributed by atoms with Crippen molar-refractivity contribution in [3.8, 4) is 5.75 Å². The molecular weight excluding hydrogens is 248 g/mol. The van der Waals surface area contributed by atoms with Gasteiger partial charge in [-0.05, 0) is 39.9 Å². The van der Waals surface area contributed by atoms with Gasteiger partial charge in [-0.3, -0.25) is 0 Å². The van der Waals surface area contributed by atoms with Gasteiger partial charge in [0.15, 0.2) is 0 Å². The minimum atomic E-state index is -0.193. The number of para-hydroxylation sites is 1. The van der Waals surface area contributed by atoms with Gasteiger partial charge < -0.3 is 15.0 Å². The molecule has 3 nitrogen and oxygen atoms in total. The zero-order valence-electron chi connectivity index (χ0n) is 13.4. The van der Waals surface area contributed by atoms with Gasteiger partial charge in [0.2, 0.25) is 0 Å². The molecule has 1 aliphatic heterocycles. The third-order valence-electron chi connectivity index (χ3n) is 4.18. The van der Waals surface area contributed by atoms with Crippen molar-refractivity contribution in [2.75, 3.05) is 19.6 Å². The van der Waals surface area contributed by atoms with E-state index >= 15 is 0 Å². The average molecular weight is 276 g/mol. The lowest BCUT2D eigenvalue weighted by Gasteiger charge is -2.32. The first-order valence-corrected chi connectivity index (χ1v) is 7.74. The Labute approximate surface area is 123 Å². The number of ether oxygens (including phenoxy) is 1. The van der Waals surface area contributed by atoms with Crippen molar-refractivity contribution in [1.82, 2.24) is 10.2 Å². The summed E-state index contributed by atoms with van der Waals surface area (Å²) in [5.74, 6) is 1.02. The Bertz CT molecular complexity index is 440. The standard InChI is InChI=1S/C17H28N2O/c1-6-19(7-2)12-13(3)18-16-14-10-8-9-11-15(14)20-17(16,4)5/h8-11,13,16,18H,6-7,12H2,1-5H3. The summed E-state index contributed by atoms with van der Waals surface area (Å²) in [5, 5.41) is 3.76. The summed E-state index contributed by atoms with van der Waals surface area (Å²) in [6.07, 6.45) is 0. The smallest absolute Gasteiger partial charge is 0.125 e. The molecule has 0 aliphatic carbocycles. The van der Waals surface area contributed by atoms with Crippen molar-refractivity contribution >= 4 is 0 Å². The van der Waals surface area contributed by atoms with Crippen molar-refractivity contribution in [2.45, 2.75) is 52.3 Å². The van der Waals surface area contributed by atoms with Crippen LogP contribution in [-0.2, 0) is 0 Å². The van der Waals surface area contributed by atoms with Crippen LogP contribution in [0, 0.1) is 0 Å². The van der Waals surface area contributed by atoms with E-state index in [0.717, 1.165) is 25.4 Å². The van der Waals surface area contributed by atoms with Gasteiger partial charge in [-0.2, -0.15) is 0 Å². The first-order valence-electron chi connectivity index (χ1n) is 7.74. The molecule has 20 heavy (non-hydrogen) atoms. The maximum atomic E-state index is 6.09. The van der Waals surface area contributed by atoms with Gasteiger partial charge in [0.25, 0.3) is 0 Å². The van der Waals surface area contributed by atoms with Crippen molar-refractivity contribution < 1.29 is 4.74 Å². The third-order valence-corrected chi connectivity index (χ3v) is 4.18. The molecule has 1 N–H and O–H groups in total. The van der Waals surface area contributed by atoms with Gasteiger partial charge in [-0.25, -0.2) is 0 Å². The van der Waals surface area contributed by atoms with E-state index in [1.54, 1.807) is 0 Å². The highest BCUT2D eigenvalue weighted by molar-refractivity contribution is 5.42. The Morgan fingerprint density at radius 3 is 2.55 bits per heavy atom. The number of nitrogens with zero attached hydrogens (tertiary/aromatic N) is 1. The largest absolute Gasteiger partial charge is 0.486 e. The highest BCUT2D eigenvalue weighted by Crippen LogP contribution is 2.42. The van der Waals surface area contributed by atoms with Crippen molar-refractivity contribution in [1.29, 1.82) is 0 Å². The molecule has 1 heterocycles. The predicted molar refractivity (Wildman–Crippen MR) is 84.3 cm³/mol. The second-order valence-corrected chi connectivity index (χ2v) is 6.23. The lowest BCUT2D eigenvalue weighted by atomic mass is 9.94. The number of hydrogen-bond donors (Lipinski definition) is 1. The van der Waals surface area contributed by atoms with E-state index in [2.05, 4.69) is 63.0 Å². The summed E-state index contributed by atoms with van der Waals surface area (Å²) in [7, 11) is 0. The van der Waals surface area contributed by atoms with Crippen LogP contribution >= 0.6 is 0 Å². The molecule has 0 fully saturated rings. The molecule has 2 rings (SSSR count). The molecule has 2 unspecified atom stereocenters. The van der Waals surface area contributed by atoms with Crippen molar-refractivity contribution in [3.63, 3.8) is 0 Å². The van der Waals surface area contributed by atoms with Crippen molar-refractivity contribution in [2.24, 2.45) is 0 Å². The molecule has 3 heteroatoms. The molecule has 2 atom stereocenters. The van der Waals surface area contributed by atoms with Crippen LogP contribution in [0.5, 0.6) is 5.75 Å². The van der Waals surface area contributed by atoms with Gasteiger partial charge in [-0.1, -0.05) is 32.0 Å². The molecule has 0 saturated heterocycles. The molecule has 0 aromatic heterocycles. The number of benzene rings is 1. The highest BCUT2D eigenvalue weighted by atomic mass is 16.5. The number of likely N-dealkylation sites (N-methyl/N-ethyl adjacent to an activating group) is 1.